The second kappa shape index (κ2) is 6.27. The molecular formula is C24H22N2O4. The maximum absolute atomic E-state index is 12.7. The molecule has 1 fully saturated rings. The number of aliphatic hydroxyl groups is 1. The molecule has 2 bridgehead atoms. The monoisotopic (exact) mass is 402 g/mol. The van der Waals surface area contributed by atoms with E-state index in [0.29, 0.717) is 5.56 Å². The number of hydrogen-bond acceptors (Lipinski definition) is 4. The van der Waals surface area contributed by atoms with Crippen LogP contribution in [0.2, 0.25) is 0 Å². The Bertz CT molecular complexity index is 1230. The van der Waals surface area contributed by atoms with Gasteiger partial charge in [0.25, 0.3) is 5.56 Å². The molecule has 7 rings (SSSR count). The average Bonchev–Trinajstić information content (AvgIpc) is 3.16. The van der Waals surface area contributed by atoms with Gasteiger partial charge in [-0.15, -0.1) is 0 Å². The highest BCUT2D eigenvalue weighted by Crippen LogP contribution is 2.64. The van der Waals surface area contributed by atoms with Crippen LogP contribution < -0.4 is 11.2 Å². The summed E-state index contributed by atoms with van der Waals surface area (Å²) in [5.41, 5.74) is 4.71. The summed E-state index contributed by atoms with van der Waals surface area (Å²) in [5, 5.41) is 10.2. The minimum absolute atomic E-state index is 0.0139. The molecule has 1 saturated heterocycles. The second-order valence-electron chi connectivity index (χ2n) is 8.59. The lowest BCUT2D eigenvalue weighted by Gasteiger charge is -2.49. The Morgan fingerprint density at radius 3 is 2.00 bits per heavy atom. The minimum atomic E-state index is -0.551. The first-order chi connectivity index (χ1) is 14.6. The van der Waals surface area contributed by atoms with Gasteiger partial charge in [0, 0.05) is 35.4 Å². The van der Waals surface area contributed by atoms with E-state index < -0.39 is 11.9 Å². The molecule has 0 amide bonds. The number of nitrogens with one attached hydrogen (secondary N) is 1. The largest absolute Gasteiger partial charge is 0.394 e. The number of hydrogen-bond donors (Lipinski definition) is 2. The molecule has 2 N–H and O–H groups in total. The molecule has 0 spiro atoms. The van der Waals surface area contributed by atoms with Crippen LogP contribution in [0.1, 0.15) is 45.9 Å². The normalized spacial score (nSPS) is 30.6. The number of aliphatic hydroxyl groups excluding tert-OH is 1. The summed E-state index contributed by atoms with van der Waals surface area (Å²) in [6.07, 6.45) is 0.653. The number of nitrogens with zero attached hydrogens (tertiary/aromatic N) is 1. The summed E-state index contributed by atoms with van der Waals surface area (Å²) >= 11 is 0. The van der Waals surface area contributed by atoms with Gasteiger partial charge in [0.05, 0.1) is 12.7 Å². The number of aryl methyl sites for hydroxylation is 1. The first-order valence-electron chi connectivity index (χ1n) is 10.4. The molecule has 30 heavy (non-hydrogen) atoms. The van der Waals surface area contributed by atoms with E-state index in [4.69, 9.17) is 4.74 Å². The lowest BCUT2D eigenvalue weighted by Crippen LogP contribution is -2.44. The molecule has 3 aliphatic carbocycles. The molecule has 0 radical (unpaired) electrons. The molecule has 3 aromatic rings. The number of H-pyrrole nitrogens is 1. The fourth-order valence-electron chi connectivity index (χ4n) is 6.13. The van der Waals surface area contributed by atoms with Gasteiger partial charge in [-0.05, 0) is 29.2 Å². The molecule has 0 unspecified atom stereocenters. The molecule has 6 nitrogen and oxygen atoms in total. The molecule has 0 saturated carbocycles. The minimum Gasteiger partial charge on any atom is -0.394 e. The van der Waals surface area contributed by atoms with Crippen LogP contribution in [0.25, 0.3) is 0 Å². The van der Waals surface area contributed by atoms with Crippen LogP contribution >= 0.6 is 0 Å². The van der Waals surface area contributed by atoms with Crippen LogP contribution in [0.15, 0.2) is 64.3 Å². The van der Waals surface area contributed by atoms with E-state index >= 15 is 0 Å². The van der Waals surface area contributed by atoms with E-state index in [-0.39, 0.29) is 41.9 Å². The van der Waals surface area contributed by atoms with Crippen molar-refractivity contribution in [2.75, 3.05) is 6.61 Å². The Morgan fingerprint density at radius 1 is 0.933 bits per heavy atom. The summed E-state index contributed by atoms with van der Waals surface area (Å²) in [7, 11) is 0. The van der Waals surface area contributed by atoms with E-state index in [1.54, 1.807) is 13.1 Å². The zero-order valence-electron chi connectivity index (χ0n) is 16.5. The van der Waals surface area contributed by atoms with E-state index in [2.05, 4.69) is 53.5 Å². The Labute approximate surface area is 172 Å². The number of aromatic nitrogens is 2. The highest BCUT2D eigenvalue weighted by Gasteiger charge is 2.59. The molecule has 152 valence electrons. The molecule has 1 aromatic heterocycles. The quantitative estimate of drug-likeness (QED) is 0.689. The summed E-state index contributed by atoms with van der Waals surface area (Å²) in [6.45, 7) is 1.57. The second-order valence-corrected chi connectivity index (χ2v) is 8.59. The van der Waals surface area contributed by atoms with Gasteiger partial charge in [-0.1, -0.05) is 48.5 Å². The maximum atomic E-state index is 12.7. The zero-order valence-corrected chi connectivity index (χ0v) is 16.5. The molecule has 4 atom stereocenters. The molecule has 2 heterocycles. The third kappa shape index (κ3) is 2.20. The van der Waals surface area contributed by atoms with Crippen LogP contribution in [0.4, 0.5) is 0 Å². The van der Waals surface area contributed by atoms with Crippen molar-refractivity contribution >= 4 is 0 Å². The summed E-state index contributed by atoms with van der Waals surface area (Å²) < 4.78 is 7.86. The van der Waals surface area contributed by atoms with Gasteiger partial charge in [0.2, 0.25) is 0 Å². The average molecular weight is 402 g/mol. The van der Waals surface area contributed by atoms with E-state index in [1.807, 2.05) is 0 Å². The highest BCUT2D eigenvalue weighted by molar-refractivity contribution is 5.57. The van der Waals surface area contributed by atoms with Crippen LogP contribution in [0.3, 0.4) is 0 Å². The Kier molecular flexibility index (Phi) is 3.73. The standard InChI is InChI=1S/C24H22N2O4/c1-12-10-26(24(29)25-22(12)28)23-21-19-15-8-4-2-6-13(15)18(20(21)17(11-27)30-23)14-7-3-5-9-16(14)19/h2-10,17-21,23,27H,11H2,1H3,(H,25,28,29)/t17-,18?,19?,20+,21-,23-/m1/s1. The summed E-state index contributed by atoms with van der Waals surface area (Å²) in [5.74, 6) is 0.205. The van der Waals surface area contributed by atoms with Gasteiger partial charge in [0.1, 0.15) is 6.23 Å². The van der Waals surface area contributed by atoms with Crippen LogP contribution in [-0.2, 0) is 4.74 Å². The van der Waals surface area contributed by atoms with Gasteiger partial charge in [-0.2, -0.15) is 0 Å². The van der Waals surface area contributed by atoms with Gasteiger partial charge >= 0.3 is 5.69 Å². The SMILES string of the molecule is Cc1cn([C@@H]2O[C@H](CO)[C@H]3C4c5ccccc5C(c5ccccc54)[C@H]32)c(=O)[nH]c1=O. The van der Waals surface area contributed by atoms with Crippen molar-refractivity contribution in [1.29, 1.82) is 0 Å². The predicted molar refractivity (Wildman–Crippen MR) is 111 cm³/mol. The van der Waals surface area contributed by atoms with Gasteiger partial charge < -0.3 is 9.84 Å². The maximum Gasteiger partial charge on any atom is 0.330 e. The predicted octanol–water partition coefficient (Wildman–Crippen LogP) is 2.26. The number of benzene rings is 2. The fraction of sp³-hybridized carbons (Fsp3) is 0.333. The van der Waals surface area contributed by atoms with Gasteiger partial charge in [-0.25, -0.2) is 4.79 Å². The molecule has 1 aliphatic heterocycles. The van der Waals surface area contributed by atoms with Gasteiger partial charge in [-0.3, -0.25) is 14.3 Å². The first-order valence-corrected chi connectivity index (χ1v) is 10.4. The van der Waals surface area contributed by atoms with Crippen molar-refractivity contribution in [3.8, 4) is 0 Å². The Morgan fingerprint density at radius 2 is 1.47 bits per heavy atom. The van der Waals surface area contributed by atoms with Crippen molar-refractivity contribution < 1.29 is 9.84 Å². The van der Waals surface area contributed by atoms with E-state index in [1.165, 1.54) is 26.8 Å². The van der Waals surface area contributed by atoms with Crippen LogP contribution in [0.5, 0.6) is 0 Å². The molecular weight excluding hydrogens is 380 g/mol. The van der Waals surface area contributed by atoms with Gasteiger partial charge in [0.15, 0.2) is 0 Å². The van der Waals surface area contributed by atoms with Crippen molar-refractivity contribution in [1.82, 2.24) is 9.55 Å². The van der Waals surface area contributed by atoms with Crippen molar-refractivity contribution in [3.63, 3.8) is 0 Å². The Balaban J connectivity index is 1.61. The summed E-state index contributed by atoms with van der Waals surface area (Å²) in [4.78, 5) is 27.0. The highest BCUT2D eigenvalue weighted by atomic mass is 16.5. The number of rotatable bonds is 2. The molecule has 4 aliphatic rings. The van der Waals surface area contributed by atoms with Crippen LogP contribution in [0, 0.1) is 18.8 Å². The van der Waals surface area contributed by atoms with E-state index in [9.17, 15) is 14.7 Å². The summed E-state index contributed by atoms with van der Waals surface area (Å²) in [6, 6.07) is 16.9. The van der Waals surface area contributed by atoms with Crippen molar-refractivity contribution in [2.45, 2.75) is 31.1 Å². The molecule has 2 aromatic carbocycles. The Hall–Kier alpha value is -2.96. The fourth-order valence-corrected chi connectivity index (χ4v) is 6.13. The molecule has 6 heteroatoms. The van der Waals surface area contributed by atoms with Crippen molar-refractivity contribution in [3.05, 3.63) is 103 Å². The number of ether oxygens (including phenoxy) is 1. The lowest BCUT2D eigenvalue weighted by molar-refractivity contribution is -0.0401. The van der Waals surface area contributed by atoms with E-state index in [0.717, 1.165) is 0 Å². The van der Waals surface area contributed by atoms with Crippen molar-refractivity contribution in [2.24, 2.45) is 11.8 Å². The third-order valence-corrected chi connectivity index (χ3v) is 7.22. The van der Waals surface area contributed by atoms with Crippen LogP contribution in [-0.4, -0.2) is 27.4 Å². The zero-order chi connectivity index (χ0) is 20.6. The lowest BCUT2D eigenvalue weighted by atomic mass is 9.53. The smallest absolute Gasteiger partial charge is 0.330 e. The number of aromatic amines is 1. The third-order valence-electron chi connectivity index (χ3n) is 7.22. The topological polar surface area (TPSA) is 84.3 Å². The first kappa shape index (κ1) is 17.9.